The van der Waals surface area contributed by atoms with Crippen LogP contribution in [0.5, 0.6) is 0 Å². The highest BCUT2D eigenvalue weighted by Crippen LogP contribution is 2.37. The van der Waals surface area contributed by atoms with E-state index in [4.69, 9.17) is 11.6 Å². The number of halogens is 1. The van der Waals surface area contributed by atoms with Crippen molar-refractivity contribution in [3.63, 3.8) is 0 Å². The first-order chi connectivity index (χ1) is 10.6. The van der Waals surface area contributed by atoms with Crippen molar-refractivity contribution < 1.29 is 0 Å². The minimum Gasteiger partial charge on any atom is -0.312 e. The largest absolute Gasteiger partial charge is 0.312 e. The van der Waals surface area contributed by atoms with E-state index in [0.29, 0.717) is 6.04 Å². The van der Waals surface area contributed by atoms with Crippen molar-refractivity contribution in [1.82, 2.24) is 9.47 Å². The summed E-state index contributed by atoms with van der Waals surface area (Å²) in [6.07, 6.45) is 0. The quantitative estimate of drug-likeness (QED) is 0.646. The first kappa shape index (κ1) is 13.9. The number of aromatic nitrogens is 1. The number of benzene rings is 2. The van der Waals surface area contributed by atoms with E-state index in [1.165, 1.54) is 27.8 Å². The maximum absolute atomic E-state index is 6.25. The van der Waals surface area contributed by atoms with Crippen LogP contribution in [0.1, 0.15) is 25.1 Å². The van der Waals surface area contributed by atoms with Gasteiger partial charge in [0.2, 0.25) is 0 Å². The molecule has 1 aliphatic heterocycles. The standard InChI is InChI=1S/C19H19ClN2/c1-13(2)21-11-17-16-10-14(20)8-9-18(16)22(19(17)12-21)15-6-4-3-5-7-15/h3-10,13H,11-12H2,1-2H3. The lowest BCUT2D eigenvalue weighted by Crippen LogP contribution is -2.25. The van der Waals surface area contributed by atoms with Gasteiger partial charge in [-0.1, -0.05) is 29.8 Å². The van der Waals surface area contributed by atoms with Crippen molar-refractivity contribution in [1.29, 1.82) is 0 Å². The molecule has 0 fully saturated rings. The van der Waals surface area contributed by atoms with Gasteiger partial charge in [-0.3, -0.25) is 4.90 Å². The first-order valence-electron chi connectivity index (χ1n) is 7.76. The average Bonchev–Trinajstić information content (AvgIpc) is 3.05. The summed E-state index contributed by atoms with van der Waals surface area (Å²) in [5, 5.41) is 2.10. The van der Waals surface area contributed by atoms with Gasteiger partial charge in [0, 0.05) is 40.9 Å². The first-order valence-corrected chi connectivity index (χ1v) is 8.14. The van der Waals surface area contributed by atoms with Crippen molar-refractivity contribution in [2.45, 2.75) is 33.0 Å². The molecule has 0 saturated carbocycles. The van der Waals surface area contributed by atoms with Gasteiger partial charge in [-0.25, -0.2) is 0 Å². The van der Waals surface area contributed by atoms with Crippen LogP contribution < -0.4 is 0 Å². The van der Waals surface area contributed by atoms with Crippen LogP contribution in [0.3, 0.4) is 0 Å². The molecule has 2 heterocycles. The van der Waals surface area contributed by atoms with Crippen LogP contribution in [0.15, 0.2) is 48.5 Å². The summed E-state index contributed by atoms with van der Waals surface area (Å²) in [6, 6.07) is 17.4. The van der Waals surface area contributed by atoms with Crippen molar-refractivity contribution >= 4 is 22.5 Å². The Morgan fingerprint density at radius 2 is 1.77 bits per heavy atom. The number of para-hydroxylation sites is 1. The number of hydrogen-bond acceptors (Lipinski definition) is 1. The third-order valence-corrected chi connectivity index (χ3v) is 4.84. The summed E-state index contributed by atoms with van der Waals surface area (Å²) in [5.74, 6) is 0. The van der Waals surface area contributed by atoms with Crippen molar-refractivity contribution in [2.24, 2.45) is 0 Å². The van der Waals surface area contributed by atoms with E-state index in [1.807, 2.05) is 6.07 Å². The van der Waals surface area contributed by atoms with Crippen LogP contribution in [-0.4, -0.2) is 15.5 Å². The molecule has 3 heteroatoms. The van der Waals surface area contributed by atoms with Gasteiger partial charge >= 0.3 is 0 Å². The molecule has 0 bridgehead atoms. The molecule has 4 rings (SSSR count). The summed E-state index contributed by atoms with van der Waals surface area (Å²) < 4.78 is 2.39. The minimum atomic E-state index is 0.547. The molecule has 112 valence electrons. The molecule has 1 aromatic heterocycles. The zero-order valence-electron chi connectivity index (χ0n) is 12.9. The molecule has 22 heavy (non-hydrogen) atoms. The van der Waals surface area contributed by atoms with Gasteiger partial charge in [-0.15, -0.1) is 0 Å². The Bertz CT molecular complexity index is 834. The van der Waals surface area contributed by atoms with Crippen molar-refractivity contribution in [2.75, 3.05) is 0 Å². The van der Waals surface area contributed by atoms with E-state index < -0.39 is 0 Å². The monoisotopic (exact) mass is 310 g/mol. The maximum atomic E-state index is 6.25. The van der Waals surface area contributed by atoms with Crippen LogP contribution >= 0.6 is 11.6 Å². The average molecular weight is 311 g/mol. The third kappa shape index (κ3) is 2.06. The number of fused-ring (bicyclic) bond motifs is 3. The van der Waals surface area contributed by atoms with Gasteiger partial charge in [0.25, 0.3) is 0 Å². The lowest BCUT2D eigenvalue weighted by atomic mass is 10.1. The van der Waals surface area contributed by atoms with E-state index in [2.05, 4.69) is 65.8 Å². The Kier molecular flexibility index (Phi) is 3.24. The molecule has 2 nitrogen and oxygen atoms in total. The second-order valence-electron chi connectivity index (χ2n) is 6.26. The lowest BCUT2D eigenvalue weighted by molar-refractivity contribution is 0.225. The maximum Gasteiger partial charge on any atom is 0.0536 e. The summed E-state index contributed by atoms with van der Waals surface area (Å²) in [7, 11) is 0. The Balaban J connectivity index is 1.99. The molecule has 3 aromatic rings. The number of nitrogens with zero attached hydrogens (tertiary/aromatic N) is 2. The Labute approximate surface area is 135 Å². The summed E-state index contributed by atoms with van der Waals surface area (Å²) in [5.41, 5.74) is 5.30. The molecule has 0 aliphatic carbocycles. The lowest BCUT2D eigenvalue weighted by Gasteiger charge is -2.21. The van der Waals surface area contributed by atoms with Crippen LogP contribution in [0.4, 0.5) is 0 Å². The molecule has 0 N–H and O–H groups in total. The second-order valence-corrected chi connectivity index (χ2v) is 6.69. The SMILES string of the molecule is CC(C)N1Cc2c(n(-c3ccccc3)c3ccc(Cl)cc23)C1. The van der Waals surface area contributed by atoms with Gasteiger partial charge in [0.05, 0.1) is 5.52 Å². The molecule has 0 radical (unpaired) electrons. The predicted octanol–water partition coefficient (Wildman–Crippen LogP) is 5.01. The predicted molar refractivity (Wildman–Crippen MR) is 92.7 cm³/mol. The van der Waals surface area contributed by atoms with E-state index in [0.717, 1.165) is 18.1 Å². The molecule has 2 aromatic carbocycles. The highest BCUT2D eigenvalue weighted by molar-refractivity contribution is 6.31. The van der Waals surface area contributed by atoms with Crippen molar-refractivity contribution in [3.8, 4) is 5.69 Å². The number of rotatable bonds is 2. The summed E-state index contributed by atoms with van der Waals surface area (Å²) in [6.45, 7) is 6.51. The molecule has 0 unspecified atom stereocenters. The smallest absolute Gasteiger partial charge is 0.0536 e. The molecular formula is C19H19ClN2. The Morgan fingerprint density at radius 3 is 2.50 bits per heavy atom. The van der Waals surface area contributed by atoms with E-state index in [9.17, 15) is 0 Å². The van der Waals surface area contributed by atoms with Gasteiger partial charge in [0.15, 0.2) is 0 Å². The van der Waals surface area contributed by atoms with Crippen molar-refractivity contribution in [3.05, 3.63) is 64.8 Å². The highest BCUT2D eigenvalue weighted by Gasteiger charge is 2.28. The number of hydrogen-bond donors (Lipinski definition) is 0. The second kappa shape index (κ2) is 5.15. The zero-order chi connectivity index (χ0) is 15.3. The Morgan fingerprint density at radius 1 is 1.00 bits per heavy atom. The minimum absolute atomic E-state index is 0.547. The molecule has 0 saturated heterocycles. The van der Waals surface area contributed by atoms with Gasteiger partial charge in [0.1, 0.15) is 0 Å². The van der Waals surface area contributed by atoms with Crippen LogP contribution in [0.25, 0.3) is 16.6 Å². The topological polar surface area (TPSA) is 8.17 Å². The fourth-order valence-corrected chi connectivity index (χ4v) is 3.58. The molecule has 0 spiro atoms. The van der Waals surface area contributed by atoms with Gasteiger partial charge in [-0.05, 0) is 49.7 Å². The summed E-state index contributed by atoms with van der Waals surface area (Å²) in [4.78, 5) is 2.50. The summed E-state index contributed by atoms with van der Waals surface area (Å²) >= 11 is 6.25. The molecule has 0 amide bonds. The van der Waals surface area contributed by atoms with Gasteiger partial charge in [-0.2, -0.15) is 0 Å². The fraction of sp³-hybridized carbons (Fsp3) is 0.263. The van der Waals surface area contributed by atoms with E-state index in [-0.39, 0.29) is 0 Å². The molecule has 1 aliphatic rings. The van der Waals surface area contributed by atoms with Crippen LogP contribution in [0.2, 0.25) is 5.02 Å². The third-order valence-electron chi connectivity index (χ3n) is 4.60. The highest BCUT2D eigenvalue weighted by atomic mass is 35.5. The van der Waals surface area contributed by atoms with E-state index >= 15 is 0 Å². The van der Waals surface area contributed by atoms with E-state index in [1.54, 1.807) is 0 Å². The fourth-order valence-electron chi connectivity index (χ4n) is 3.41. The van der Waals surface area contributed by atoms with Crippen LogP contribution in [0, 0.1) is 0 Å². The zero-order valence-corrected chi connectivity index (χ0v) is 13.6. The molecular weight excluding hydrogens is 292 g/mol. The normalized spacial score (nSPS) is 14.9. The van der Waals surface area contributed by atoms with Gasteiger partial charge < -0.3 is 4.57 Å². The molecule has 0 atom stereocenters. The Hall–Kier alpha value is -1.77. The van der Waals surface area contributed by atoms with Crippen LogP contribution in [-0.2, 0) is 13.1 Å².